The lowest BCUT2D eigenvalue weighted by molar-refractivity contribution is -0.0613. The van der Waals surface area contributed by atoms with E-state index in [1.54, 1.807) is 36.4 Å². The molecule has 0 bridgehead atoms. The van der Waals surface area contributed by atoms with E-state index in [1.165, 1.54) is 21.7 Å². The number of fused-ring (bicyclic) bond motifs is 2. The number of carbonyl (C=O) groups is 1. The molecule has 5 aromatic rings. The lowest BCUT2D eigenvalue weighted by Crippen LogP contribution is -2.50. The first kappa shape index (κ1) is 54.0. The van der Waals surface area contributed by atoms with E-state index >= 15 is 4.39 Å². The number of nitrogens with zero attached hydrogens (tertiary/aromatic N) is 9. The molecule has 3 aromatic heterocycles. The van der Waals surface area contributed by atoms with Crippen molar-refractivity contribution in [1.29, 1.82) is 10.5 Å². The van der Waals surface area contributed by atoms with Crippen molar-refractivity contribution in [2.75, 3.05) is 38.4 Å². The summed E-state index contributed by atoms with van der Waals surface area (Å²) in [5.41, 5.74) is 2.46. The van der Waals surface area contributed by atoms with E-state index in [4.69, 9.17) is 52.8 Å². The minimum atomic E-state index is -4.70. The first-order chi connectivity index (χ1) is 33.9. The Morgan fingerprint density at radius 1 is 0.958 bits per heavy atom. The second-order valence-corrected chi connectivity index (χ2v) is 27.2. The Morgan fingerprint density at radius 2 is 1.68 bits per heavy atom. The predicted molar refractivity (Wildman–Crippen MR) is 260 cm³/mol. The van der Waals surface area contributed by atoms with E-state index in [0.29, 0.717) is 16.6 Å². The number of aliphatic hydroxyl groups excluding tert-OH is 1. The first-order valence-corrected chi connectivity index (χ1v) is 29.4. The van der Waals surface area contributed by atoms with Crippen LogP contribution in [0.15, 0.2) is 73.8 Å². The number of hydrogen-bond donors (Lipinski definition) is 2. The summed E-state index contributed by atoms with van der Waals surface area (Å²) in [5.74, 6) is -0.468. The van der Waals surface area contributed by atoms with E-state index in [0.717, 1.165) is 11.9 Å². The topological polar surface area (TPSA) is 271 Å². The van der Waals surface area contributed by atoms with Crippen molar-refractivity contribution in [3.05, 3.63) is 85.0 Å². The molecule has 27 heteroatoms. The number of benzene rings is 2. The number of carbonyl (C=O) groups excluding carboxylic acids is 1. The highest BCUT2D eigenvalue weighted by Crippen LogP contribution is 2.58. The van der Waals surface area contributed by atoms with Crippen molar-refractivity contribution in [2.45, 2.75) is 108 Å². The number of phosphoric acid groups is 1. The number of phosphoric ester groups is 1. The Morgan fingerprint density at radius 3 is 2.37 bits per heavy atom. The number of alkyl halides is 1. The van der Waals surface area contributed by atoms with Crippen LogP contribution in [0.1, 0.15) is 62.0 Å². The molecular formula is C44H55FN10O12P2SSi. The fourth-order valence-electron chi connectivity index (χ4n) is 7.40. The van der Waals surface area contributed by atoms with Crippen LogP contribution < -0.4 is 5.32 Å². The molecule has 380 valence electrons. The van der Waals surface area contributed by atoms with Gasteiger partial charge in [0.2, 0.25) is 0 Å². The maximum Gasteiger partial charge on any atom is 0.475 e. The highest BCUT2D eigenvalue weighted by Gasteiger charge is 2.55. The molecule has 22 nitrogen and oxygen atoms in total. The highest BCUT2D eigenvalue weighted by molar-refractivity contribution is 8.07. The third-order valence-corrected chi connectivity index (χ3v) is 20.3. The average Bonchev–Trinajstić information content (AvgIpc) is 4.12. The minimum Gasteiger partial charge on any atom is -0.408 e. The molecule has 1 amide bonds. The molecule has 2 saturated heterocycles. The molecule has 2 fully saturated rings. The van der Waals surface area contributed by atoms with Crippen molar-refractivity contribution in [3.8, 4) is 12.1 Å². The van der Waals surface area contributed by atoms with Crippen LogP contribution in [0.4, 0.5) is 10.2 Å². The number of aliphatic hydroxyl groups is 1. The Balaban J connectivity index is 1.25. The predicted octanol–water partition coefficient (Wildman–Crippen LogP) is 7.53. The molecule has 5 heterocycles. The normalized spacial score (nSPS) is 24.3. The van der Waals surface area contributed by atoms with Gasteiger partial charge in [0.15, 0.2) is 43.9 Å². The van der Waals surface area contributed by atoms with Crippen LogP contribution in [-0.2, 0) is 57.4 Å². The third-order valence-electron chi connectivity index (χ3n) is 12.0. The molecule has 2 N–H and O–H groups in total. The van der Waals surface area contributed by atoms with Gasteiger partial charge in [0.1, 0.15) is 42.4 Å². The van der Waals surface area contributed by atoms with Gasteiger partial charge < -0.3 is 33.4 Å². The van der Waals surface area contributed by atoms with Crippen LogP contribution in [-0.4, -0.2) is 124 Å². The summed E-state index contributed by atoms with van der Waals surface area (Å²) in [7, 11) is -7.39. The van der Waals surface area contributed by atoms with Gasteiger partial charge in [-0.05, 0) is 60.6 Å². The third kappa shape index (κ3) is 12.2. The van der Waals surface area contributed by atoms with Crippen molar-refractivity contribution < 1.29 is 59.9 Å². The zero-order chi connectivity index (χ0) is 51.1. The number of nitriles is 2. The number of hydrogen-bond acceptors (Lipinski definition) is 20. The zero-order valence-corrected chi connectivity index (χ0v) is 43.4. The molecule has 2 aromatic carbocycles. The molecular weight excluding hydrogens is 1000 g/mol. The Labute approximate surface area is 415 Å². The standard InChI is InChI=1S/C44H55FN10O12P2SSi/c1-8-21-59-68(58,60-22-13-19-46)65-36-32(64-42(33(36)45)54-27-50-35-39(48-26-49-40(35)54)51-41(57)29-16-10-9-11-17-29)25-62-69(70,61-23-14-20-47)66-38-37(67-71(6,7)44(3,4)5)31(24-56)63-43(38)55-30-18-12-15-28(2)34(30)52-53-55/h8-12,15-18,26-27,31-33,36-38,42-43,56H,1,13-14,21-25H2,2-7H3,(H,48,49,51,57)/t31-,32-,33-,36-,37-,38-,42-,43-,68?,69?/m1/s1. The number of ether oxygens (including phenoxy) is 2. The molecule has 7 rings (SSSR count). The van der Waals surface area contributed by atoms with E-state index in [9.17, 15) is 25.0 Å². The van der Waals surface area contributed by atoms with Gasteiger partial charge in [-0.1, -0.05) is 62.4 Å². The van der Waals surface area contributed by atoms with Crippen LogP contribution >= 0.6 is 14.5 Å². The number of nitrogens with one attached hydrogen (secondary N) is 1. The van der Waals surface area contributed by atoms with Gasteiger partial charge >= 0.3 is 14.5 Å². The maximum atomic E-state index is 17.4. The lowest BCUT2D eigenvalue weighted by atomic mass is 10.1. The largest absolute Gasteiger partial charge is 0.475 e. The maximum absolute atomic E-state index is 17.4. The highest BCUT2D eigenvalue weighted by atomic mass is 32.5. The second-order valence-electron chi connectivity index (χ2n) is 17.8. The van der Waals surface area contributed by atoms with Gasteiger partial charge in [0, 0.05) is 5.56 Å². The van der Waals surface area contributed by atoms with E-state index in [1.807, 2.05) is 65.1 Å². The van der Waals surface area contributed by atoms with Crippen LogP contribution in [0.3, 0.4) is 0 Å². The average molecular weight is 1060 g/mol. The summed E-state index contributed by atoms with van der Waals surface area (Å²) in [4.78, 5) is 26.0. The lowest BCUT2D eigenvalue weighted by Gasteiger charge is -2.41. The van der Waals surface area contributed by atoms with Crippen LogP contribution in [0.5, 0.6) is 0 Å². The summed E-state index contributed by atoms with van der Waals surface area (Å²) in [6, 6.07) is 17.8. The summed E-state index contributed by atoms with van der Waals surface area (Å²) in [6.07, 6.45) is -8.16. The number of aryl methyl sites for hydroxylation is 1. The fraction of sp³-hybridized carbons (Fsp3) is 0.500. The number of aromatic nitrogens is 7. The number of halogens is 1. The summed E-state index contributed by atoms with van der Waals surface area (Å²) in [6.45, 7) is 9.32. The van der Waals surface area contributed by atoms with Crippen molar-refractivity contribution in [1.82, 2.24) is 34.5 Å². The van der Waals surface area contributed by atoms with Crippen LogP contribution in [0.2, 0.25) is 18.1 Å². The minimum absolute atomic E-state index is 0.0202. The molecule has 71 heavy (non-hydrogen) atoms. The molecule has 0 saturated carbocycles. The molecule has 2 aliphatic rings. The van der Waals surface area contributed by atoms with Crippen LogP contribution in [0.25, 0.3) is 22.2 Å². The SMILES string of the molecule is C=CCOP(=O)(OCCC#N)O[C@H]1[C@@H](F)[C@H](n2cnc3c(NC(=O)c4ccccc4)ncnc32)O[C@@H]1COP(=S)(OCCC#N)O[C@@H]1[C@H](O[Si](C)(C)C(C)(C)C)[C@@H](CO)O[C@H]1n1nnc2c(C)cccc21. The van der Waals surface area contributed by atoms with E-state index < -0.39 is 97.7 Å². The van der Waals surface area contributed by atoms with Crippen LogP contribution in [0, 0.1) is 29.6 Å². The van der Waals surface area contributed by atoms with Gasteiger partial charge in [0.25, 0.3) is 5.91 Å². The van der Waals surface area contributed by atoms with E-state index in [-0.39, 0.29) is 48.1 Å². The number of amides is 1. The molecule has 2 unspecified atom stereocenters. The summed E-state index contributed by atoms with van der Waals surface area (Å²) >= 11 is 6.12. The van der Waals surface area contributed by atoms with Gasteiger partial charge in [-0.3, -0.25) is 27.5 Å². The summed E-state index contributed by atoms with van der Waals surface area (Å²) in [5, 5.41) is 40.8. The quantitative estimate of drug-likeness (QED) is 0.0277. The Kier molecular flexibility index (Phi) is 17.5. The van der Waals surface area contributed by atoms with E-state index in [2.05, 4.69) is 37.2 Å². The zero-order valence-electron chi connectivity index (χ0n) is 39.8. The summed E-state index contributed by atoms with van der Waals surface area (Å²) < 4.78 is 90.2. The Hall–Kier alpha value is -4.79. The first-order valence-electron chi connectivity index (χ1n) is 22.4. The van der Waals surface area contributed by atoms with Gasteiger partial charge in [0.05, 0.1) is 69.9 Å². The fourth-order valence-corrected chi connectivity index (χ4v) is 12.1. The number of rotatable bonds is 23. The van der Waals surface area contributed by atoms with Gasteiger partial charge in [-0.25, -0.2) is 28.6 Å². The van der Waals surface area contributed by atoms with Crippen molar-refractivity contribution >= 4 is 68.6 Å². The second kappa shape index (κ2) is 23.0. The molecule has 0 spiro atoms. The Bertz CT molecular complexity index is 2860. The molecule has 0 radical (unpaired) electrons. The molecule has 0 aliphatic carbocycles. The molecule has 10 atom stereocenters. The monoisotopic (exact) mass is 1060 g/mol. The smallest absolute Gasteiger partial charge is 0.408 e. The number of anilines is 1. The van der Waals surface area contributed by atoms with Gasteiger partial charge in [-0.2, -0.15) is 10.5 Å². The molecule has 2 aliphatic heterocycles. The number of imidazole rings is 1. The van der Waals surface area contributed by atoms with Crippen molar-refractivity contribution in [2.24, 2.45) is 0 Å². The van der Waals surface area contributed by atoms with Gasteiger partial charge in [-0.15, -0.1) is 11.7 Å². The van der Waals surface area contributed by atoms with Crippen molar-refractivity contribution in [3.63, 3.8) is 0 Å².